The zero-order valence-corrected chi connectivity index (χ0v) is 8.13. The summed E-state index contributed by atoms with van der Waals surface area (Å²) in [5.41, 5.74) is 0. The fourth-order valence-electron chi connectivity index (χ4n) is 1.34. The molecule has 0 aromatic carbocycles. The van der Waals surface area contributed by atoms with Crippen LogP contribution in [0.25, 0.3) is 0 Å². The molecule has 1 aliphatic heterocycles. The number of nitrogens with one attached hydrogen (secondary N) is 1. The lowest BCUT2D eigenvalue weighted by Gasteiger charge is -2.39. The first-order chi connectivity index (χ1) is 5.63. The minimum atomic E-state index is 0.302. The van der Waals surface area contributed by atoms with Gasteiger partial charge in [0.15, 0.2) is 0 Å². The van der Waals surface area contributed by atoms with Gasteiger partial charge in [-0.2, -0.15) is 0 Å². The Hall–Kier alpha value is -0.570. The molecule has 1 heterocycles. The molecular formula is C9H18N2O. The molecular weight excluding hydrogens is 152 g/mol. The molecule has 0 bridgehead atoms. The van der Waals surface area contributed by atoms with Gasteiger partial charge in [-0.15, -0.1) is 0 Å². The molecule has 1 rings (SSSR count). The maximum atomic E-state index is 11.4. The summed E-state index contributed by atoms with van der Waals surface area (Å²) >= 11 is 0. The fourth-order valence-corrected chi connectivity index (χ4v) is 1.34. The van der Waals surface area contributed by atoms with Crippen LogP contribution in [0.3, 0.4) is 0 Å². The van der Waals surface area contributed by atoms with Crippen molar-refractivity contribution >= 4 is 5.91 Å². The van der Waals surface area contributed by atoms with Crippen molar-refractivity contribution in [3.05, 3.63) is 0 Å². The lowest BCUT2D eigenvalue weighted by molar-refractivity contribution is -0.136. The zero-order valence-electron chi connectivity index (χ0n) is 8.13. The second-order valence-electron chi connectivity index (χ2n) is 3.88. The second kappa shape index (κ2) is 3.90. The van der Waals surface area contributed by atoms with E-state index in [1.165, 1.54) is 0 Å². The normalized spacial score (nSPS) is 18.2. The Bertz CT molecular complexity index is 162. The summed E-state index contributed by atoms with van der Waals surface area (Å²) in [5.74, 6) is 0.780. The van der Waals surface area contributed by atoms with Crippen LogP contribution in [0.4, 0.5) is 0 Å². The third-order valence-corrected chi connectivity index (χ3v) is 2.23. The van der Waals surface area contributed by atoms with Crippen LogP contribution >= 0.6 is 0 Å². The van der Waals surface area contributed by atoms with Gasteiger partial charge in [0.2, 0.25) is 5.91 Å². The van der Waals surface area contributed by atoms with Crippen LogP contribution in [0.1, 0.15) is 20.3 Å². The third kappa shape index (κ3) is 2.21. The van der Waals surface area contributed by atoms with E-state index in [1.54, 1.807) is 0 Å². The van der Waals surface area contributed by atoms with Crippen LogP contribution in [0.5, 0.6) is 0 Å². The van der Waals surface area contributed by atoms with Crippen molar-refractivity contribution < 1.29 is 4.79 Å². The van der Waals surface area contributed by atoms with Gasteiger partial charge >= 0.3 is 0 Å². The van der Waals surface area contributed by atoms with E-state index in [-0.39, 0.29) is 0 Å². The van der Waals surface area contributed by atoms with Gasteiger partial charge in [0.25, 0.3) is 0 Å². The Kier molecular flexibility index (Phi) is 3.09. The van der Waals surface area contributed by atoms with Crippen LogP contribution in [0.15, 0.2) is 0 Å². The number of rotatable bonds is 3. The molecule has 0 atom stereocenters. The molecule has 70 valence electrons. The Balaban J connectivity index is 2.19. The van der Waals surface area contributed by atoms with Gasteiger partial charge in [-0.05, 0) is 13.0 Å². The molecule has 0 aliphatic carbocycles. The van der Waals surface area contributed by atoms with Crippen LogP contribution < -0.4 is 5.32 Å². The second-order valence-corrected chi connectivity index (χ2v) is 3.88. The summed E-state index contributed by atoms with van der Waals surface area (Å²) in [6, 6.07) is 0.529. The summed E-state index contributed by atoms with van der Waals surface area (Å²) < 4.78 is 0. The Morgan fingerprint density at radius 2 is 2.17 bits per heavy atom. The van der Waals surface area contributed by atoms with Crippen LogP contribution in [-0.2, 0) is 4.79 Å². The van der Waals surface area contributed by atoms with E-state index in [1.807, 2.05) is 11.9 Å². The van der Waals surface area contributed by atoms with Gasteiger partial charge in [0, 0.05) is 25.6 Å². The van der Waals surface area contributed by atoms with Gasteiger partial charge in [-0.3, -0.25) is 4.79 Å². The van der Waals surface area contributed by atoms with Crippen molar-refractivity contribution in [3.63, 3.8) is 0 Å². The number of likely N-dealkylation sites (N-methyl/N-ethyl adjacent to an activating group) is 1. The largest absolute Gasteiger partial charge is 0.339 e. The number of likely N-dealkylation sites (tertiary alicyclic amines) is 1. The maximum Gasteiger partial charge on any atom is 0.222 e. The topological polar surface area (TPSA) is 32.3 Å². The smallest absolute Gasteiger partial charge is 0.222 e. The van der Waals surface area contributed by atoms with Gasteiger partial charge in [0.1, 0.15) is 0 Å². The van der Waals surface area contributed by atoms with Crippen LogP contribution in [-0.4, -0.2) is 37.0 Å². The average molecular weight is 170 g/mol. The Morgan fingerprint density at radius 1 is 1.58 bits per heavy atom. The van der Waals surface area contributed by atoms with E-state index in [9.17, 15) is 4.79 Å². The Morgan fingerprint density at radius 3 is 2.58 bits per heavy atom. The molecule has 0 spiro atoms. The molecule has 0 aromatic rings. The molecule has 3 heteroatoms. The highest BCUT2D eigenvalue weighted by molar-refractivity contribution is 5.77. The molecule has 0 radical (unpaired) electrons. The molecule has 1 N–H and O–H groups in total. The predicted octanol–water partition coefficient (Wildman–Crippen LogP) is 0.463. The highest BCUT2D eigenvalue weighted by atomic mass is 16.2. The third-order valence-electron chi connectivity index (χ3n) is 2.23. The van der Waals surface area contributed by atoms with Gasteiger partial charge in [0.05, 0.1) is 0 Å². The van der Waals surface area contributed by atoms with Gasteiger partial charge < -0.3 is 10.2 Å². The quantitative estimate of drug-likeness (QED) is 0.667. The summed E-state index contributed by atoms with van der Waals surface area (Å²) in [5, 5.41) is 3.15. The molecule has 1 fully saturated rings. The Labute approximate surface area is 74.1 Å². The number of carbonyl (C=O) groups is 1. The van der Waals surface area contributed by atoms with Crippen molar-refractivity contribution in [3.8, 4) is 0 Å². The highest BCUT2D eigenvalue weighted by Crippen LogP contribution is 2.11. The first kappa shape index (κ1) is 9.52. The molecule has 3 nitrogen and oxygen atoms in total. The van der Waals surface area contributed by atoms with Crippen molar-refractivity contribution in [2.45, 2.75) is 26.3 Å². The fraction of sp³-hybridized carbons (Fsp3) is 0.889. The minimum Gasteiger partial charge on any atom is -0.339 e. The maximum absolute atomic E-state index is 11.4. The van der Waals surface area contributed by atoms with Gasteiger partial charge in [-0.1, -0.05) is 13.8 Å². The monoisotopic (exact) mass is 170 g/mol. The van der Waals surface area contributed by atoms with E-state index in [2.05, 4.69) is 19.2 Å². The number of nitrogens with zero attached hydrogens (tertiary/aromatic N) is 1. The number of hydrogen-bond donors (Lipinski definition) is 1. The first-order valence-electron chi connectivity index (χ1n) is 4.58. The molecule has 0 aromatic heterocycles. The van der Waals surface area contributed by atoms with Crippen molar-refractivity contribution in [2.24, 2.45) is 5.92 Å². The lowest BCUT2D eigenvalue weighted by atomic mass is 10.1. The molecule has 12 heavy (non-hydrogen) atoms. The van der Waals surface area contributed by atoms with E-state index in [0.29, 0.717) is 24.3 Å². The molecule has 0 unspecified atom stereocenters. The first-order valence-corrected chi connectivity index (χ1v) is 4.58. The van der Waals surface area contributed by atoms with E-state index >= 15 is 0 Å². The van der Waals surface area contributed by atoms with Gasteiger partial charge in [-0.25, -0.2) is 0 Å². The van der Waals surface area contributed by atoms with Crippen molar-refractivity contribution in [1.82, 2.24) is 10.2 Å². The SMILES string of the molecule is CNC1CN(C(=O)CC(C)C)C1. The number of amides is 1. The van der Waals surface area contributed by atoms with Crippen molar-refractivity contribution in [2.75, 3.05) is 20.1 Å². The average Bonchev–Trinajstić information content (AvgIpc) is 1.82. The summed E-state index contributed by atoms with van der Waals surface area (Å²) in [7, 11) is 1.94. The number of carbonyl (C=O) groups excluding carboxylic acids is 1. The van der Waals surface area contributed by atoms with Crippen molar-refractivity contribution in [1.29, 1.82) is 0 Å². The van der Waals surface area contributed by atoms with Crippen LogP contribution in [0, 0.1) is 5.92 Å². The lowest BCUT2D eigenvalue weighted by Crippen LogP contribution is -2.59. The predicted molar refractivity (Wildman–Crippen MR) is 48.9 cm³/mol. The summed E-state index contributed by atoms with van der Waals surface area (Å²) in [4.78, 5) is 13.3. The van der Waals surface area contributed by atoms with E-state index in [0.717, 1.165) is 13.1 Å². The van der Waals surface area contributed by atoms with E-state index < -0.39 is 0 Å². The van der Waals surface area contributed by atoms with E-state index in [4.69, 9.17) is 0 Å². The molecule has 1 aliphatic rings. The number of hydrogen-bond acceptors (Lipinski definition) is 2. The summed E-state index contributed by atoms with van der Waals surface area (Å²) in [6.45, 7) is 5.94. The molecule has 1 amide bonds. The standard InChI is InChI=1S/C9H18N2O/c1-7(2)4-9(12)11-5-8(6-11)10-3/h7-8,10H,4-6H2,1-3H3. The van der Waals surface area contributed by atoms with Crippen LogP contribution in [0.2, 0.25) is 0 Å². The molecule has 0 saturated carbocycles. The minimum absolute atomic E-state index is 0.302. The highest BCUT2D eigenvalue weighted by Gasteiger charge is 2.28. The molecule has 1 saturated heterocycles. The summed E-state index contributed by atoms with van der Waals surface area (Å²) in [6.07, 6.45) is 0.691. The zero-order chi connectivity index (χ0) is 9.14.